The van der Waals surface area contributed by atoms with Gasteiger partial charge in [0.25, 0.3) is 0 Å². The summed E-state index contributed by atoms with van der Waals surface area (Å²) in [5, 5.41) is 0. The van der Waals surface area contributed by atoms with Crippen molar-refractivity contribution in [2.24, 2.45) is 0 Å². The van der Waals surface area contributed by atoms with E-state index in [2.05, 4.69) is 111 Å². The first-order valence-electron chi connectivity index (χ1n) is 9.16. The van der Waals surface area contributed by atoms with Crippen molar-refractivity contribution in [3.05, 3.63) is 125 Å². The summed E-state index contributed by atoms with van der Waals surface area (Å²) in [6, 6.07) is 35.2. The van der Waals surface area contributed by atoms with E-state index in [1.54, 1.807) is 0 Å². The standard InChI is InChI=1S/C26H23.3ClH.Ti/c1-19-9-6-13-22(17-19)26(23-14-7-10-20(2)18-23)25-16-8-15-24(25)21-11-4-3-5-12-21;;;;/h3-18,26H,1-2H3;3*1H;/q-1;;;;+4/p-3. The first kappa shape index (κ1) is 28.6. The van der Waals surface area contributed by atoms with Gasteiger partial charge in [-0.3, -0.25) is 0 Å². The van der Waals surface area contributed by atoms with E-state index in [4.69, 9.17) is 0 Å². The smallest absolute Gasteiger partial charge is 1.00 e. The fourth-order valence-electron chi connectivity index (χ4n) is 3.82. The van der Waals surface area contributed by atoms with Gasteiger partial charge in [0.05, 0.1) is 0 Å². The Kier molecular flexibility index (Phi) is 12.5. The van der Waals surface area contributed by atoms with Crippen molar-refractivity contribution in [3.8, 4) is 11.1 Å². The third-order valence-corrected chi connectivity index (χ3v) is 5.00. The van der Waals surface area contributed by atoms with Crippen LogP contribution in [0.2, 0.25) is 0 Å². The molecule has 0 N–H and O–H groups in total. The molecular formula is C26H23Cl3Ti. The van der Waals surface area contributed by atoms with E-state index in [0.29, 0.717) is 0 Å². The molecule has 0 aliphatic heterocycles. The van der Waals surface area contributed by atoms with Crippen LogP contribution in [-0.4, -0.2) is 0 Å². The van der Waals surface area contributed by atoms with Crippen LogP contribution in [0.15, 0.2) is 97.1 Å². The molecule has 0 unspecified atom stereocenters. The average molecular weight is 490 g/mol. The van der Waals surface area contributed by atoms with Crippen LogP contribution in [0.25, 0.3) is 11.1 Å². The number of halogens is 3. The second kappa shape index (κ2) is 13.1. The molecule has 30 heavy (non-hydrogen) atoms. The average Bonchev–Trinajstić information content (AvgIpc) is 3.12. The second-order valence-corrected chi connectivity index (χ2v) is 7.02. The van der Waals surface area contributed by atoms with Crippen LogP contribution in [0.4, 0.5) is 0 Å². The Balaban J connectivity index is 0.00000210. The van der Waals surface area contributed by atoms with Crippen molar-refractivity contribution >= 4 is 0 Å². The van der Waals surface area contributed by atoms with E-state index < -0.39 is 0 Å². The molecule has 0 aliphatic carbocycles. The van der Waals surface area contributed by atoms with Gasteiger partial charge in [-0.2, -0.15) is 12.1 Å². The van der Waals surface area contributed by atoms with E-state index in [9.17, 15) is 0 Å². The summed E-state index contributed by atoms with van der Waals surface area (Å²) in [7, 11) is 0. The Morgan fingerprint density at radius 2 is 1.13 bits per heavy atom. The van der Waals surface area contributed by atoms with Crippen LogP contribution >= 0.6 is 0 Å². The summed E-state index contributed by atoms with van der Waals surface area (Å²) in [4.78, 5) is 0. The monoisotopic (exact) mass is 488 g/mol. The Labute approximate surface area is 213 Å². The molecule has 0 aromatic heterocycles. The third-order valence-electron chi connectivity index (χ3n) is 5.00. The second-order valence-electron chi connectivity index (χ2n) is 7.02. The van der Waals surface area contributed by atoms with Crippen LogP contribution in [-0.2, 0) is 21.7 Å². The fraction of sp³-hybridized carbons (Fsp3) is 0.115. The van der Waals surface area contributed by atoms with Crippen LogP contribution in [0, 0.1) is 13.8 Å². The van der Waals surface area contributed by atoms with Crippen molar-refractivity contribution in [1.82, 2.24) is 0 Å². The molecule has 0 saturated carbocycles. The predicted molar refractivity (Wildman–Crippen MR) is 111 cm³/mol. The van der Waals surface area contributed by atoms with Gasteiger partial charge in [0.15, 0.2) is 0 Å². The molecule has 0 spiro atoms. The van der Waals surface area contributed by atoms with Crippen LogP contribution in [0.5, 0.6) is 0 Å². The van der Waals surface area contributed by atoms with E-state index in [0.717, 1.165) is 0 Å². The van der Waals surface area contributed by atoms with Gasteiger partial charge >= 0.3 is 21.7 Å². The molecule has 4 rings (SSSR count). The first-order valence-corrected chi connectivity index (χ1v) is 9.16. The minimum Gasteiger partial charge on any atom is -1.00 e. The summed E-state index contributed by atoms with van der Waals surface area (Å²) in [5.74, 6) is 0.236. The predicted octanol–water partition coefficient (Wildman–Crippen LogP) is -2.12. The van der Waals surface area contributed by atoms with Crippen molar-refractivity contribution in [1.29, 1.82) is 0 Å². The Morgan fingerprint density at radius 1 is 0.600 bits per heavy atom. The van der Waals surface area contributed by atoms with E-state index >= 15 is 0 Å². The molecule has 0 atom stereocenters. The molecule has 0 heterocycles. The van der Waals surface area contributed by atoms with E-state index in [1.807, 2.05) is 0 Å². The van der Waals surface area contributed by atoms with Crippen molar-refractivity contribution in [2.75, 3.05) is 0 Å². The largest absolute Gasteiger partial charge is 4.00 e. The summed E-state index contributed by atoms with van der Waals surface area (Å²) < 4.78 is 0. The van der Waals surface area contributed by atoms with Crippen LogP contribution in [0.1, 0.15) is 33.7 Å². The number of hydrogen-bond acceptors (Lipinski definition) is 0. The molecular weight excluding hydrogens is 467 g/mol. The number of benzene rings is 3. The normalized spacial score (nSPS) is 9.57. The number of hydrogen-bond donors (Lipinski definition) is 0. The minimum absolute atomic E-state index is 0. The molecule has 4 heteroatoms. The first-order chi connectivity index (χ1) is 12.7. The van der Waals surface area contributed by atoms with Gasteiger partial charge in [0.1, 0.15) is 0 Å². The van der Waals surface area contributed by atoms with Gasteiger partial charge in [0.2, 0.25) is 0 Å². The summed E-state index contributed by atoms with van der Waals surface area (Å²) in [6.07, 6.45) is 0. The molecule has 152 valence electrons. The Hall–Kier alpha value is -1.41. The van der Waals surface area contributed by atoms with Gasteiger partial charge < -0.3 is 37.2 Å². The Morgan fingerprint density at radius 3 is 1.63 bits per heavy atom. The molecule has 0 radical (unpaired) electrons. The maximum Gasteiger partial charge on any atom is 4.00 e. The maximum atomic E-state index is 2.31. The minimum atomic E-state index is 0. The molecule has 0 amide bonds. The van der Waals surface area contributed by atoms with E-state index in [-0.39, 0.29) is 64.9 Å². The van der Waals surface area contributed by atoms with Crippen molar-refractivity contribution in [2.45, 2.75) is 19.8 Å². The zero-order valence-electron chi connectivity index (χ0n) is 16.9. The van der Waals surface area contributed by atoms with Crippen molar-refractivity contribution in [3.63, 3.8) is 0 Å². The van der Waals surface area contributed by atoms with Crippen LogP contribution < -0.4 is 37.2 Å². The van der Waals surface area contributed by atoms with Gasteiger partial charge in [-0.05, 0) is 30.9 Å². The molecule has 0 bridgehead atoms. The van der Waals surface area contributed by atoms with Gasteiger partial charge in [0, 0.05) is 0 Å². The third kappa shape index (κ3) is 6.30. The van der Waals surface area contributed by atoms with Crippen LogP contribution in [0.3, 0.4) is 0 Å². The zero-order chi connectivity index (χ0) is 17.9. The van der Waals surface area contributed by atoms with Gasteiger partial charge in [-0.25, -0.2) is 0 Å². The molecule has 4 aromatic rings. The maximum absolute atomic E-state index is 2.31. The molecule has 0 aliphatic rings. The van der Waals surface area contributed by atoms with Gasteiger partial charge in [-0.15, -0.1) is 17.2 Å². The molecule has 0 fully saturated rings. The Bertz CT molecular complexity index is 980. The molecule has 0 saturated heterocycles. The fourth-order valence-corrected chi connectivity index (χ4v) is 3.82. The van der Waals surface area contributed by atoms with E-state index in [1.165, 1.54) is 38.9 Å². The number of aryl methyl sites for hydroxylation is 2. The SMILES string of the molecule is Cc1cccc(C(c2cccc(C)c2)[c-]2cccc2-c2ccccc2)c1.[Cl-].[Cl-].[Cl-].[Ti+4]. The van der Waals surface area contributed by atoms with Crippen molar-refractivity contribution < 1.29 is 58.9 Å². The number of rotatable bonds is 4. The topological polar surface area (TPSA) is 0 Å². The summed E-state index contributed by atoms with van der Waals surface area (Å²) >= 11 is 0. The zero-order valence-corrected chi connectivity index (χ0v) is 20.8. The van der Waals surface area contributed by atoms with Gasteiger partial charge in [-0.1, -0.05) is 95.6 Å². The molecule has 0 nitrogen and oxygen atoms in total. The summed E-state index contributed by atoms with van der Waals surface area (Å²) in [5.41, 5.74) is 9.25. The summed E-state index contributed by atoms with van der Waals surface area (Å²) in [6.45, 7) is 4.33. The quantitative estimate of drug-likeness (QED) is 0.227. The molecule has 4 aromatic carbocycles.